The molecule has 1 aromatic rings. The number of carboxylic acids is 1. The van der Waals surface area contributed by atoms with E-state index in [-0.39, 0.29) is 31.2 Å². The van der Waals surface area contributed by atoms with Crippen LogP contribution in [-0.2, 0) is 28.4 Å². The van der Waals surface area contributed by atoms with Gasteiger partial charge in [-0.3, -0.25) is 4.79 Å². The van der Waals surface area contributed by atoms with Crippen LogP contribution < -0.4 is 0 Å². The average Bonchev–Trinajstić information content (AvgIpc) is 3.09. The van der Waals surface area contributed by atoms with E-state index < -0.39 is 16.0 Å². The van der Waals surface area contributed by atoms with Crippen LogP contribution in [0.15, 0.2) is 12.4 Å². The van der Waals surface area contributed by atoms with E-state index in [0.717, 1.165) is 12.8 Å². The summed E-state index contributed by atoms with van der Waals surface area (Å²) in [4.78, 5) is 14.6. The molecule has 1 aliphatic carbocycles. The molecule has 8 heteroatoms. The maximum atomic E-state index is 12.3. The summed E-state index contributed by atoms with van der Waals surface area (Å²) in [6.07, 6.45) is 5.15. The van der Waals surface area contributed by atoms with Crippen LogP contribution in [-0.4, -0.2) is 45.1 Å². The lowest BCUT2D eigenvalue weighted by Crippen LogP contribution is -2.35. The molecule has 1 aromatic heterocycles. The monoisotopic (exact) mass is 301 g/mol. The number of nitrogens with zero attached hydrogens (tertiary/aromatic N) is 3. The standard InChI is InChI=1S/C12H19N3O4S/c1-14-7-6-13-11(14)9-15(10-4-5-10)20(18,19)8-2-3-12(16)17/h6-7,10H,2-5,8-9H2,1H3,(H,16,17). The van der Waals surface area contributed by atoms with Gasteiger partial charge >= 0.3 is 5.97 Å². The van der Waals surface area contributed by atoms with Crippen molar-refractivity contribution in [2.45, 2.75) is 38.3 Å². The van der Waals surface area contributed by atoms with E-state index in [1.165, 1.54) is 4.31 Å². The Morgan fingerprint density at radius 2 is 2.25 bits per heavy atom. The molecule has 2 rings (SSSR count). The SMILES string of the molecule is Cn1ccnc1CN(C1CC1)S(=O)(=O)CCCC(=O)O. The summed E-state index contributed by atoms with van der Waals surface area (Å²) in [5, 5.41) is 8.59. The van der Waals surface area contributed by atoms with Crippen LogP contribution >= 0.6 is 0 Å². The zero-order chi connectivity index (χ0) is 14.8. The van der Waals surface area contributed by atoms with Crippen molar-refractivity contribution in [2.75, 3.05) is 5.75 Å². The van der Waals surface area contributed by atoms with E-state index in [0.29, 0.717) is 5.82 Å². The first-order valence-electron chi connectivity index (χ1n) is 6.57. The van der Waals surface area contributed by atoms with Gasteiger partial charge in [0, 0.05) is 31.9 Å². The van der Waals surface area contributed by atoms with Crippen molar-refractivity contribution >= 4 is 16.0 Å². The molecule has 0 spiro atoms. The zero-order valence-electron chi connectivity index (χ0n) is 11.4. The number of aliphatic carboxylic acids is 1. The third kappa shape index (κ3) is 3.80. The van der Waals surface area contributed by atoms with Gasteiger partial charge in [-0.15, -0.1) is 0 Å². The lowest BCUT2D eigenvalue weighted by Gasteiger charge is -2.21. The van der Waals surface area contributed by atoms with Crippen molar-refractivity contribution in [3.05, 3.63) is 18.2 Å². The van der Waals surface area contributed by atoms with Crippen molar-refractivity contribution in [1.82, 2.24) is 13.9 Å². The highest BCUT2D eigenvalue weighted by atomic mass is 32.2. The Hall–Kier alpha value is -1.41. The second-order valence-electron chi connectivity index (χ2n) is 5.04. The van der Waals surface area contributed by atoms with Crippen LogP contribution in [0.5, 0.6) is 0 Å². The number of imidazole rings is 1. The average molecular weight is 301 g/mol. The van der Waals surface area contributed by atoms with Crippen LogP contribution in [0.2, 0.25) is 0 Å². The number of hydrogen-bond acceptors (Lipinski definition) is 4. The Morgan fingerprint density at radius 1 is 1.55 bits per heavy atom. The van der Waals surface area contributed by atoms with Gasteiger partial charge in [-0.25, -0.2) is 13.4 Å². The van der Waals surface area contributed by atoms with Gasteiger partial charge in [0.2, 0.25) is 10.0 Å². The first kappa shape index (κ1) is 15.0. The Bertz CT molecular complexity index is 577. The summed E-state index contributed by atoms with van der Waals surface area (Å²) >= 11 is 0. The number of aromatic nitrogens is 2. The largest absolute Gasteiger partial charge is 0.481 e. The zero-order valence-corrected chi connectivity index (χ0v) is 12.2. The van der Waals surface area contributed by atoms with E-state index >= 15 is 0 Å². The van der Waals surface area contributed by atoms with Crippen LogP contribution in [0.3, 0.4) is 0 Å². The lowest BCUT2D eigenvalue weighted by atomic mass is 10.3. The van der Waals surface area contributed by atoms with Crippen LogP contribution in [0.1, 0.15) is 31.5 Å². The minimum atomic E-state index is -3.43. The highest BCUT2D eigenvalue weighted by Gasteiger charge is 2.37. The molecule has 1 heterocycles. The van der Waals surface area contributed by atoms with Crippen molar-refractivity contribution in [2.24, 2.45) is 7.05 Å². The number of sulfonamides is 1. The van der Waals surface area contributed by atoms with Gasteiger partial charge in [0.1, 0.15) is 5.82 Å². The Balaban J connectivity index is 2.04. The van der Waals surface area contributed by atoms with E-state index in [4.69, 9.17) is 5.11 Å². The molecule has 1 fully saturated rings. The molecule has 0 bridgehead atoms. The summed E-state index contributed by atoms with van der Waals surface area (Å²) < 4.78 is 27.9. The summed E-state index contributed by atoms with van der Waals surface area (Å²) in [6, 6.07) is 0.0431. The Labute approximate surface area is 118 Å². The molecule has 1 aliphatic rings. The third-order valence-corrected chi connectivity index (χ3v) is 5.27. The number of hydrogen-bond donors (Lipinski definition) is 1. The normalized spacial score (nSPS) is 15.7. The van der Waals surface area contributed by atoms with Gasteiger partial charge in [0.15, 0.2) is 0 Å². The van der Waals surface area contributed by atoms with Crippen molar-refractivity contribution in [1.29, 1.82) is 0 Å². The number of carboxylic acid groups (broad SMARTS) is 1. The van der Waals surface area contributed by atoms with E-state index in [1.807, 2.05) is 7.05 Å². The number of carbonyl (C=O) groups is 1. The number of aryl methyl sites for hydroxylation is 1. The Morgan fingerprint density at radius 3 is 2.75 bits per heavy atom. The summed E-state index contributed by atoms with van der Waals surface area (Å²) in [5.41, 5.74) is 0. The van der Waals surface area contributed by atoms with Crippen LogP contribution in [0.25, 0.3) is 0 Å². The maximum Gasteiger partial charge on any atom is 0.303 e. The van der Waals surface area contributed by atoms with Gasteiger partial charge in [-0.2, -0.15) is 4.31 Å². The van der Waals surface area contributed by atoms with Crippen LogP contribution in [0, 0.1) is 0 Å². The molecule has 0 atom stereocenters. The summed E-state index contributed by atoms with van der Waals surface area (Å²) in [7, 11) is -1.61. The smallest absolute Gasteiger partial charge is 0.303 e. The second kappa shape index (κ2) is 5.92. The predicted octanol–water partition coefficient (Wildman–Crippen LogP) is 0.579. The molecular weight excluding hydrogens is 282 g/mol. The molecule has 0 aliphatic heterocycles. The number of rotatable bonds is 8. The lowest BCUT2D eigenvalue weighted by molar-refractivity contribution is -0.137. The summed E-state index contributed by atoms with van der Waals surface area (Å²) in [6.45, 7) is 0.254. The van der Waals surface area contributed by atoms with Gasteiger partial charge in [0.05, 0.1) is 12.3 Å². The molecule has 0 saturated heterocycles. The first-order chi connectivity index (χ1) is 9.40. The molecule has 0 amide bonds. The van der Waals surface area contributed by atoms with E-state index in [2.05, 4.69) is 4.98 Å². The van der Waals surface area contributed by atoms with Crippen molar-refractivity contribution in [3.8, 4) is 0 Å². The quantitative estimate of drug-likeness (QED) is 0.758. The highest BCUT2D eigenvalue weighted by molar-refractivity contribution is 7.89. The fourth-order valence-corrected chi connectivity index (χ4v) is 3.75. The fourth-order valence-electron chi connectivity index (χ4n) is 2.03. The van der Waals surface area contributed by atoms with Gasteiger partial charge < -0.3 is 9.67 Å². The van der Waals surface area contributed by atoms with E-state index in [9.17, 15) is 13.2 Å². The second-order valence-corrected chi connectivity index (χ2v) is 7.09. The van der Waals surface area contributed by atoms with Gasteiger partial charge in [0.25, 0.3) is 0 Å². The van der Waals surface area contributed by atoms with Crippen molar-refractivity contribution in [3.63, 3.8) is 0 Å². The molecule has 0 aromatic carbocycles. The molecule has 1 N–H and O–H groups in total. The summed E-state index contributed by atoms with van der Waals surface area (Å²) in [5.74, 6) is -0.402. The van der Waals surface area contributed by atoms with Gasteiger partial charge in [-0.1, -0.05) is 0 Å². The predicted molar refractivity (Wildman–Crippen MR) is 72.4 cm³/mol. The molecular formula is C12H19N3O4S. The molecule has 0 radical (unpaired) electrons. The maximum absolute atomic E-state index is 12.3. The minimum Gasteiger partial charge on any atom is -0.481 e. The fraction of sp³-hybridized carbons (Fsp3) is 0.667. The molecule has 20 heavy (non-hydrogen) atoms. The molecule has 1 saturated carbocycles. The third-order valence-electron chi connectivity index (χ3n) is 3.32. The highest BCUT2D eigenvalue weighted by Crippen LogP contribution is 2.31. The molecule has 7 nitrogen and oxygen atoms in total. The minimum absolute atomic E-state index is 0.0431. The Kier molecular flexibility index (Phi) is 4.44. The first-order valence-corrected chi connectivity index (χ1v) is 8.18. The van der Waals surface area contributed by atoms with E-state index in [1.54, 1.807) is 17.0 Å². The molecule has 112 valence electrons. The van der Waals surface area contributed by atoms with Crippen LogP contribution in [0.4, 0.5) is 0 Å². The van der Waals surface area contributed by atoms with Gasteiger partial charge in [-0.05, 0) is 19.3 Å². The molecule has 0 unspecified atom stereocenters. The topological polar surface area (TPSA) is 92.5 Å². The van der Waals surface area contributed by atoms with Crippen molar-refractivity contribution < 1.29 is 18.3 Å².